The van der Waals surface area contributed by atoms with Gasteiger partial charge < -0.3 is 0 Å². The van der Waals surface area contributed by atoms with E-state index in [-0.39, 0.29) is 11.7 Å². The van der Waals surface area contributed by atoms with Gasteiger partial charge in [0, 0.05) is 17.1 Å². The number of aromatic nitrogens is 2. The van der Waals surface area contributed by atoms with Crippen LogP contribution in [0.3, 0.4) is 0 Å². The summed E-state index contributed by atoms with van der Waals surface area (Å²) in [5.74, 6) is 0.311. The maximum Gasteiger partial charge on any atom is 0.167 e. The van der Waals surface area contributed by atoms with Crippen LogP contribution in [-0.4, -0.2) is 16.0 Å². The molecule has 1 aliphatic rings. The molecule has 3 nitrogen and oxygen atoms in total. The molecule has 1 unspecified atom stereocenters. The van der Waals surface area contributed by atoms with E-state index >= 15 is 0 Å². The van der Waals surface area contributed by atoms with Gasteiger partial charge in [-0.3, -0.25) is 9.89 Å². The number of nitrogens with one attached hydrogen (secondary N) is 1. The Kier molecular flexibility index (Phi) is 2.71. The Labute approximate surface area is 110 Å². The quantitative estimate of drug-likeness (QED) is 0.855. The molecule has 1 heterocycles. The van der Waals surface area contributed by atoms with Gasteiger partial charge in [0.2, 0.25) is 0 Å². The summed E-state index contributed by atoms with van der Waals surface area (Å²) in [5.41, 5.74) is 3.56. The minimum Gasteiger partial charge on any atom is -0.294 e. The predicted octanol–water partition coefficient (Wildman–Crippen LogP) is 3.28. The molecule has 0 fully saturated rings. The number of fused-ring (bicyclic) bond motifs is 1. The molecule has 1 aliphatic carbocycles. The van der Waals surface area contributed by atoms with Crippen molar-refractivity contribution in [2.75, 3.05) is 0 Å². The zero-order valence-corrected chi connectivity index (χ0v) is 10.8. The molecular weight excluding hydrogens is 248 g/mol. The van der Waals surface area contributed by atoms with Crippen molar-refractivity contribution in [2.24, 2.45) is 0 Å². The van der Waals surface area contributed by atoms with Crippen LogP contribution in [0.2, 0.25) is 5.02 Å². The number of Topliss-reactive ketones (excluding diaryl/α,β-unsaturated/α-hetero) is 1. The summed E-state index contributed by atoms with van der Waals surface area (Å²) < 4.78 is 0. The van der Waals surface area contributed by atoms with E-state index in [0.29, 0.717) is 6.42 Å². The number of ketones is 1. The van der Waals surface area contributed by atoms with E-state index in [0.717, 1.165) is 34.0 Å². The van der Waals surface area contributed by atoms with Crippen LogP contribution in [0.25, 0.3) is 0 Å². The molecule has 0 spiro atoms. The van der Waals surface area contributed by atoms with Crippen LogP contribution in [0.4, 0.5) is 0 Å². The second-order valence-corrected chi connectivity index (χ2v) is 5.12. The van der Waals surface area contributed by atoms with Gasteiger partial charge in [-0.1, -0.05) is 29.8 Å². The van der Waals surface area contributed by atoms with Gasteiger partial charge in [0.15, 0.2) is 5.78 Å². The summed E-state index contributed by atoms with van der Waals surface area (Å²) in [6.45, 7) is 1.86. The van der Waals surface area contributed by atoms with Crippen molar-refractivity contribution in [3.63, 3.8) is 0 Å². The molecule has 0 bridgehead atoms. The first-order valence-corrected chi connectivity index (χ1v) is 6.36. The van der Waals surface area contributed by atoms with Crippen molar-refractivity contribution in [2.45, 2.75) is 25.7 Å². The van der Waals surface area contributed by atoms with Crippen molar-refractivity contribution in [3.05, 3.63) is 51.8 Å². The normalized spacial score (nSPS) is 18.8. The van der Waals surface area contributed by atoms with Crippen molar-refractivity contribution in [3.8, 4) is 0 Å². The Balaban J connectivity index is 2.00. The van der Waals surface area contributed by atoms with Gasteiger partial charge in [0.25, 0.3) is 0 Å². The summed E-state index contributed by atoms with van der Waals surface area (Å²) in [6, 6.07) is 7.73. The lowest BCUT2D eigenvalue weighted by atomic mass is 9.82. The molecule has 0 radical (unpaired) electrons. The summed E-state index contributed by atoms with van der Waals surface area (Å²) in [4.78, 5) is 12.2. The highest BCUT2D eigenvalue weighted by molar-refractivity contribution is 6.31. The summed E-state index contributed by atoms with van der Waals surface area (Å²) in [7, 11) is 0. The standard InChI is InChI=1S/C14H13ClN2O/c1-8-14-12(17-16-8)6-9(7-13(14)18)10-4-2-3-5-11(10)15/h2-5,9H,6-7H2,1H3,(H,16,17). The number of nitrogens with zero attached hydrogens (tertiary/aromatic N) is 1. The molecule has 1 atom stereocenters. The number of carbonyl (C=O) groups excluding carboxylic acids is 1. The van der Waals surface area contributed by atoms with Crippen molar-refractivity contribution >= 4 is 17.4 Å². The number of benzene rings is 1. The molecule has 92 valence electrons. The predicted molar refractivity (Wildman–Crippen MR) is 70.2 cm³/mol. The van der Waals surface area contributed by atoms with Crippen LogP contribution in [0.15, 0.2) is 24.3 Å². The van der Waals surface area contributed by atoms with Crippen LogP contribution in [0.1, 0.15) is 39.6 Å². The SMILES string of the molecule is Cc1n[nH]c2c1C(=O)CC(c1ccccc1Cl)C2. The number of aromatic amines is 1. The first kappa shape index (κ1) is 11.5. The maximum atomic E-state index is 12.2. The fraction of sp³-hybridized carbons (Fsp3) is 0.286. The van der Waals surface area contributed by atoms with E-state index in [1.165, 1.54) is 0 Å². The number of hydrogen-bond acceptors (Lipinski definition) is 2. The third-order valence-corrected chi connectivity index (χ3v) is 3.87. The highest BCUT2D eigenvalue weighted by Crippen LogP contribution is 2.35. The largest absolute Gasteiger partial charge is 0.294 e. The van der Waals surface area contributed by atoms with Gasteiger partial charge in [-0.15, -0.1) is 0 Å². The molecule has 2 aromatic rings. The van der Waals surface area contributed by atoms with Gasteiger partial charge in [0.1, 0.15) is 0 Å². The summed E-state index contributed by atoms with van der Waals surface area (Å²) in [5, 5.41) is 7.81. The zero-order chi connectivity index (χ0) is 12.7. The van der Waals surface area contributed by atoms with E-state index in [4.69, 9.17) is 11.6 Å². The van der Waals surface area contributed by atoms with E-state index in [1.54, 1.807) is 0 Å². The van der Waals surface area contributed by atoms with E-state index in [2.05, 4.69) is 10.2 Å². The molecular formula is C14H13ClN2O. The van der Waals surface area contributed by atoms with Gasteiger partial charge in [-0.25, -0.2) is 0 Å². The molecule has 1 aromatic carbocycles. The number of hydrogen-bond donors (Lipinski definition) is 1. The Morgan fingerprint density at radius 3 is 2.89 bits per heavy atom. The van der Waals surface area contributed by atoms with Crippen molar-refractivity contribution < 1.29 is 4.79 Å². The number of halogens is 1. The number of rotatable bonds is 1. The lowest BCUT2D eigenvalue weighted by Crippen LogP contribution is -2.18. The van der Waals surface area contributed by atoms with Crippen molar-refractivity contribution in [1.29, 1.82) is 0 Å². The monoisotopic (exact) mass is 260 g/mol. The number of aryl methyl sites for hydroxylation is 1. The fourth-order valence-corrected chi connectivity index (χ4v) is 2.96. The molecule has 0 amide bonds. The first-order valence-electron chi connectivity index (χ1n) is 5.98. The highest BCUT2D eigenvalue weighted by Gasteiger charge is 2.30. The summed E-state index contributed by atoms with van der Waals surface area (Å²) >= 11 is 6.20. The summed E-state index contributed by atoms with van der Waals surface area (Å²) in [6.07, 6.45) is 1.31. The number of carbonyl (C=O) groups is 1. The van der Waals surface area contributed by atoms with E-state index < -0.39 is 0 Å². The Morgan fingerprint density at radius 1 is 1.33 bits per heavy atom. The molecule has 4 heteroatoms. The Hall–Kier alpha value is -1.61. The van der Waals surface area contributed by atoms with Crippen LogP contribution >= 0.6 is 11.6 Å². The second kappa shape index (κ2) is 4.25. The first-order chi connectivity index (χ1) is 8.66. The van der Waals surface area contributed by atoms with E-state index in [9.17, 15) is 4.79 Å². The van der Waals surface area contributed by atoms with Crippen molar-refractivity contribution in [1.82, 2.24) is 10.2 Å². The minimum absolute atomic E-state index is 0.151. The number of H-pyrrole nitrogens is 1. The Morgan fingerprint density at radius 2 is 2.11 bits per heavy atom. The highest BCUT2D eigenvalue weighted by atomic mass is 35.5. The topological polar surface area (TPSA) is 45.8 Å². The third-order valence-electron chi connectivity index (χ3n) is 3.53. The van der Waals surface area contributed by atoms with E-state index in [1.807, 2.05) is 31.2 Å². The fourth-order valence-electron chi connectivity index (χ4n) is 2.67. The van der Waals surface area contributed by atoms with Gasteiger partial charge in [0.05, 0.1) is 11.3 Å². The van der Waals surface area contributed by atoms with Crippen LogP contribution in [0, 0.1) is 6.92 Å². The lowest BCUT2D eigenvalue weighted by Gasteiger charge is -2.22. The molecule has 0 saturated carbocycles. The van der Waals surface area contributed by atoms with Gasteiger partial charge >= 0.3 is 0 Å². The molecule has 0 saturated heterocycles. The minimum atomic E-state index is 0.151. The van der Waals surface area contributed by atoms with Crippen LogP contribution < -0.4 is 0 Å². The molecule has 1 N–H and O–H groups in total. The molecule has 3 rings (SSSR count). The zero-order valence-electron chi connectivity index (χ0n) is 10.0. The molecule has 18 heavy (non-hydrogen) atoms. The van der Waals surface area contributed by atoms with Gasteiger partial charge in [-0.2, -0.15) is 5.10 Å². The maximum absolute atomic E-state index is 12.2. The van der Waals surface area contributed by atoms with Crippen LogP contribution in [-0.2, 0) is 6.42 Å². The average molecular weight is 261 g/mol. The second-order valence-electron chi connectivity index (χ2n) is 4.71. The molecule has 1 aromatic heterocycles. The van der Waals surface area contributed by atoms with Gasteiger partial charge in [-0.05, 0) is 30.9 Å². The average Bonchev–Trinajstić information content (AvgIpc) is 2.72. The Bertz CT molecular complexity index is 618. The lowest BCUT2D eigenvalue weighted by molar-refractivity contribution is 0.0963. The smallest absolute Gasteiger partial charge is 0.167 e. The third kappa shape index (κ3) is 1.75. The molecule has 0 aliphatic heterocycles. The van der Waals surface area contributed by atoms with Crippen LogP contribution in [0.5, 0.6) is 0 Å².